The molecular formula is C21H24Cl2FN3O3S. The molecule has 0 atom stereocenters. The van der Waals surface area contributed by atoms with Gasteiger partial charge in [0.05, 0.1) is 20.9 Å². The fourth-order valence-electron chi connectivity index (χ4n) is 3.25. The van der Waals surface area contributed by atoms with E-state index in [2.05, 4.69) is 9.80 Å². The molecule has 0 saturated carbocycles. The van der Waals surface area contributed by atoms with E-state index in [0.29, 0.717) is 22.2 Å². The quantitative estimate of drug-likeness (QED) is 0.668. The predicted octanol–water partition coefficient (Wildman–Crippen LogP) is 3.92. The Morgan fingerprint density at radius 3 is 2.32 bits per heavy atom. The highest BCUT2D eigenvalue weighted by molar-refractivity contribution is 7.90. The minimum atomic E-state index is -3.82. The summed E-state index contributed by atoms with van der Waals surface area (Å²) >= 11 is 12.1. The second-order valence-electron chi connectivity index (χ2n) is 7.70. The lowest BCUT2D eigenvalue weighted by atomic mass is 10.1. The smallest absolute Gasteiger partial charge is 0.267 e. The van der Waals surface area contributed by atoms with E-state index in [1.54, 1.807) is 12.1 Å². The molecule has 2 aromatic rings. The first-order valence-corrected chi connectivity index (χ1v) is 12.1. The molecule has 31 heavy (non-hydrogen) atoms. The first-order chi connectivity index (χ1) is 14.6. The number of hydrogen-bond donors (Lipinski definition) is 1. The van der Waals surface area contributed by atoms with Crippen molar-refractivity contribution in [2.75, 3.05) is 31.1 Å². The maximum absolute atomic E-state index is 14.5. The number of sulfonamides is 1. The fraction of sp³-hybridized carbons (Fsp3) is 0.381. The molecule has 10 heteroatoms. The van der Waals surface area contributed by atoms with Crippen LogP contribution in [0.2, 0.25) is 10.0 Å². The zero-order valence-corrected chi connectivity index (χ0v) is 19.6. The number of carbonyl (C=O) groups excluding carboxylic acids is 1. The van der Waals surface area contributed by atoms with E-state index in [1.165, 1.54) is 26.0 Å². The number of rotatable bonds is 6. The maximum atomic E-state index is 14.5. The van der Waals surface area contributed by atoms with Crippen LogP contribution in [-0.4, -0.2) is 50.7 Å². The molecule has 1 heterocycles. The largest absolute Gasteiger partial charge is 0.369 e. The number of halogens is 3. The summed E-state index contributed by atoms with van der Waals surface area (Å²) in [6.45, 7) is 6.53. The Labute approximate surface area is 192 Å². The molecule has 3 rings (SSSR count). The number of nitrogens with zero attached hydrogens (tertiary/aromatic N) is 2. The van der Waals surface area contributed by atoms with Crippen LogP contribution in [-0.2, 0) is 16.6 Å². The highest BCUT2D eigenvalue weighted by Crippen LogP contribution is 2.28. The van der Waals surface area contributed by atoms with Crippen molar-refractivity contribution in [2.45, 2.75) is 25.6 Å². The zero-order valence-electron chi connectivity index (χ0n) is 17.2. The molecule has 2 aromatic carbocycles. The van der Waals surface area contributed by atoms with Gasteiger partial charge < -0.3 is 4.90 Å². The first kappa shape index (κ1) is 23.8. The Bertz CT molecular complexity index is 1070. The van der Waals surface area contributed by atoms with Crippen molar-refractivity contribution in [2.24, 2.45) is 0 Å². The zero-order chi connectivity index (χ0) is 22.8. The van der Waals surface area contributed by atoms with Crippen LogP contribution in [0.15, 0.2) is 36.4 Å². The summed E-state index contributed by atoms with van der Waals surface area (Å²) in [6, 6.07) is 9.80. The average molecular weight is 488 g/mol. The Balaban J connectivity index is 1.59. The van der Waals surface area contributed by atoms with Gasteiger partial charge in [0.2, 0.25) is 10.0 Å². The van der Waals surface area contributed by atoms with Crippen LogP contribution in [0.1, 0.15) is 29.8 Å². The van der Waals surface area contributed by atoms with Crippen LogP contribution in [0.25, 0.3) is 0 Å². The molecule has 1 N–H and O–H groups in total. The van der Waals surface area contributed by atoms with Crippen LogP contribution in [0.5, 0.6) is 0 Å². The van der Waals surface area contributed by atoms with Crippen molar-refractivity contribution in [1.82, 2.24) is 9.62 Å². The average Bonchev–Trinajstić information content (AvgIpc) is 2.70. The molecule has 0 spiro atoms. The fourth-order valence-corrected chi connectivity index (χ4v) is 4.14. The SMILES string of the molecule is CC(C)S(=O)(=O)NC(=O)c1ccc(CN2CCN(c3ccc(Cl)c(Cl)c3)CC2)cc1F. The van der Waals surface area contributed by atoms with Crippen LogP contribution in [0.4, 0.5) is 10.1 Å². The van der Waals surface area contributed by atoms with E-state index in [4.69, 9.17) is 23.2 Å². The van der Waals surface area contributed by atoms with Crippen molar-refractivity contribution in [3.8, 4) is 0 Å². The summed E-state index contributed by atoms with van der Waals surface area (Å²) in [6.07, 6.45) is 0. The predicted molar refractivity (Wildman–Crippen MR) is 122 cm³/mol. The van der Waals surface area contributed by atoms with Crippen molar-refractivity contribution >= 4 is 44.8 Å². The third-order valence-electron chi connectivity index (χ3n) is 5.18. The molecule has 0 aliphatic carbocycles. The Morgan fingerprint density at radius 1 is 1.06 bits per heavy atom. The molecule has 1 aliphatic heterocycles. The first-order valence-electron chi connectivity index (χ1n) is 9.83. The number of piperazine rings is 1. The normalized spacial score (nSPS) is 15.4. The van der Waals surface area contributed by atoms with Crippen molar-refractivity contribution in [3.05, 3.63) is 63.4 Å². The van der Waals surface area contributed by atoms with E-state index < -0.39 is 27.0 Å². The van der Waals surface area contributed by atoms with Gasteiger partial charge in [-0.1, -0.05) is 29.3 Å². The monoisotopic (exact) mass is 487 g/mol. The van der Waals surface area contributed by atoms with E-state index in [-0.39, 0.29) is 5.56 Å². The number of carbonyl (C=O) groups is 1. The molecule has 1 fully saturated rings. The Morgan fingerprint density at radius 2 is 1.74 bits per heavy atom. The van der Waals surface area contributed by atoms with Gasteiger partial charge in [-0.3, -0.25) is 9.69 Å². The maximum Gasteiger partial charge on any atom is 0.267 e. The second-order valence-corrected chi connectivity index (χ2v) is 10.8. The summed E-state index contributed by atoms with van der Waals surface area (Å²) in [5.41, 5.74) is 1.42. The molecule has 0 aromatic heterocycles. The van der Waals surface area contributed by atoms with Crippen LogP contribution in [0, 0.1) is 5.82 Å². The molecular weight excluding hydrogens is 464 g/mol. The minimum Gasteiger partial charge on any atom is -0.369 e. The standard InChI is InChI=1S/C21H24Cl2FN3O3S/c1-14(2)31(29,30)25-21(28)17-5-3-15(11-20(17)24)13-26-7-9-27(10-8-26)16-4-6-18(22)19(23)12-16/h3-6,11-12,14H,7-10,13H2,1-2H3,(H,25,28). The summed E-state index contributed by atoms with van der Waals surface area (Å²) in [7, 11) is -3.82. The lowest BCUT2D eigenvalue weighted by Gasteiger charge is -2.36. The van der Waals surface area contributed by atoms with Crippen molar-refractivity contribution < 1.29 is 17.6 Å². The number of amides is 1. The molecule has 1 saturated heterocycles. The van der Waals surface area contributed by atoms with Gasteiger partial charge in [-0.25, -0.2) is 17.5 Å². The summed E-state index contributed by atoms with van der Waals surface area (Å²) in [4.78, 5) is 16.5. The highest BCUT2D eigenvalue weighted by Gasteiger charge is 2.23. The van der Waals surface area contributed by atoms with Gasteiger partial charge in [-0.2, -0.15) is 0 Å². The topological polar surface area (TPSA) is 69.7 Å². The molecule has 1 aliphatic rings. The summed E-state index contributed by atoms with van der Waals surface area (Å²) in [5.74, 6) is -1.71. The summed E-state index contributed by atoms with van der Waals surface area (Å²) in [5, 5.41) is 0.244. The highest BCUT2D eigenvalue weighted by atomic mass is 35.5. The van der Waals surface area contributed by atoms with Crippen LogP contribution in [0.3, 0.4) is 0 Å². The van der Waals surface area contributed by atoms with Gasteiger partial charge in [-0.15, -0.1) is 0 Å². The van der Waals surface area contributed by atoms with Crippen molar-refractivity contribution in [3.63, 3.8) is 0 Å². The third-order valence-corrected chi connectivity index (χ3v) is 7.63. The van der Waals surface area contributed by atoms with E-state index in [9.17, 15) is 17.6 Å². The molecule has 6 nitrogen and oxygen atoms in total. The molecule has 1 amide bonds. The number of nitrogens with one attached hydrogen (secondary N) is 1. The van der Waals surface area contributed by atoms with Gasteiger partial charge >= 0.3 is 0 Å². The molecule has 0 bridgehead atoms. The van der Waals surface area contributed by atoms with Gasteiger partial charge in [0, 0.05) is 38.4 Å². The van der Waals surface area contributed by atoms with Gasteiger partial charge in [-0.05, 0) is 49.7 Å². The van der Waals surface area contributed by atoms with Crippen LogP contribution >= 0.6 is 23.2 Å². The Kier molecular flexibility index (Phi) is 7.47. The molecule has 168 valence electrons. The van der Waals surface area contributed by atoms with Crippen molar-refractivity contribution in [1.29, 1.82) is 0 Å². The van der Waals surface area contributed by atoms with Gasteiger partial charge in [0.1, 0.15) is 5.82 Å². The molecule has 0 radical (unpaired) electrons. The second kappa shape index (κ2) is 9.73. The van der Waals surface area contributed by atoms with E-state index in [0.717, 1.165) is 31.9 Å². The Hall–Kier alpha value is -1.87. The van der Waals surface area contributed by atoms with Gasteiger partial charge in [0.15, 0.2) is 0 Å². The van der Waals surface area contributed by atoms with E-state index >= 15 is 0 Å². The lowest BCUT2D eigenvalue weighted by molar-refractivity contribution is 0.0977. The van der Waals surface area contributed by atoms with Gasteiger partial charge in [0.25, 0.3) is 5.91 Å². The minimum absolute atomic E-state index is 0.294. The molecule has 0 unspecified atom stereocenters. The van der Waals surface area contributed by atoms with Crippen LogP contribution < -0.4 is 9.62 Å². The summed E-state index contributed by atoms with van der Waals surface area (Å²) < 4.78 is 40.1. The number of anilines is 1. The third kappa shape index (κ3) is 5.88. The number of hydrogen-bond acceptors (Lipinski definition) is 5. The number of benzene rings is 2. The van der Waals surface area contributed by atoms with E-state index in [1.807, 2.05) is 16.9 Å². The lowest BCUT2D eigenvalue weighted by Crippen LogP contribution is -2.46.